The van der Waals surface area contributed by atoms with Crippen molar-refractivity contribution in [3.8, 4) is 33.4 Å². The van der Waals surface area contributed by atoms with Gasteiger partial charge >= 0.3 is 0 Å². The van der Waals surface area contributed by atoms with Gasteiger partial charge in [0.25, 0.3) is 0 Å². The van der Waals surface area contributed by atoms with Crippen molar-refractivity contribution in [2.24, 2.45) is 11.8 Å². The highest BCUT2D eigenvalue weighted by molar-refractivity contribution is 5.95. The Morgan fingerprint density at radius 3 is 1.19 bits per heavy atom. The van der Waals surface area contributed by atoms with Crippen molar-refractivity contribution in [1.82, 2.24) is 41.7 Å². The van der Waals surface area contributed by atoms with E-state index >= 15 is 0 Å². The Labute approximate surface area is 474 Å². The first kappa shape index (κ1) is 56.9. The van der Waals surface area contributed by atoms with Crippen molar-refractivity contribution in [2.75, 3.05) is 27.2 Å². The first-order chi connectivity index (χ1) is 38.9. The van der Waals surface area contributed by atoms with E-state index in [1.54, 1.807) is 37.7 Å². The molecule has 4 fully saturated rings. The van der Waals surface area contributed by atoms with Crippen LogP contribution in [-0.4, -0.2) is 109 Å². The molecule has 426 valence electrons. The van der Waals surface area contributed by atoms with Crippen LogP contribution in [0.5, 0.6) is 0 Å². The van der Waals surface area contributed by atoms with Crippen molar-refractivity contribution < 1.29 is 28.8 Å². The van der Waals surface area contributed by atoms with Crippen LogP contribution >= 0.6 is 0 Å². The van der Waals surface area contributed by atoms with Gasteiger partial charge in [0.05, 0.1) is 24.2 Å². The number of hydrogen-bond donors (Lipinski definition) is 6. The number of amides is 6. The number of benzene rings is 4. The zero-order valence-electron chi connectivity index (χ0n) is 47.8. The van der Waals surface area contributed by atoms with Crippen LogP contribution in [0.2, 0.25) is 0 Å². The molecule has 0 radical (unpaired) electrons. The Bertz CT molecular complexity index is 2670. The molecule has 4 aliphatic carbocycles. The third-order valence-electron chi connectivity index (χ3n) is 19.1. The maximum absolute atomic E-state index is 14.4. The molecule has 0 spiro atoms. The van der Waals surface area contributed by atoms with Gasteiger partial charge in [-0.05, 0) is 185 Å². The van der Waals surface area contributed by atoms with Gasteiger partial charge < -0.3 is 41.7 Å². The Morgan fingerprint density at radius 2 is 0.812 bits per heavy atom. The van der Waals surface area contributed by atoms with E-state index in [9.17, 15) is 28.8 Å². The topological polar surface area (TPSA) is 181 Å². The van der Waals surface area contributed by atoms with Gasteiger partial charge in [-0.2, -0.15) is 0 Å². The average Bonchev–Trinajstić information content (AvgIpc) is 4.22. The number of nitrogens with zero attached hydrogens (tertiary/aromatic N) is 2. The number of hydrogen-bond acceptors (Lipinski definition) is 8. The van der Waals surface area contributed by atoms with Gasteiger partial charge in [0.1, 0.15) is 24.2 Å². The molecule has 2 heterocycles. The van der Waals surface area contributed by atoms with Gasteiger partial charge in [-0.15, -0.1) is 0 Å². The quantitative estimate of drug-likeness (QED) is 0.0606. The van der Waals surface area contributed by atoms with Crippen molar-refractivity contribution in [3.63, 3.8) is 0 Å². The minimum Gasteiger partial charge on any atom is -0.347 e. The molecule has 2 saturated heterocycles. The van der Waals surface area contributed by atoms with E-state index in [1.807, 2.05) is 0 Å². The molecule has 14 heteroatoms. The first-order valence-electron chi connectivity index (χ1n) is 30.5. The van der Waals surface area contributed by atoms with E-state index in [4.69, 9.17) is 0 Å². The van der Waals surface area contributed by atoms with Gasteiger partial charge in [0.15, 0.2) is 0 Å². The molecule has 6 aliphatic rings. The summed E-state index contributed by atoms with van der Waals surface area (Å²) in [4.78, 5) is 87.1. The highest BCUT2D eigenvalue weighted by atomic mass is 16.2. The van der Waals surface area contributed by atoms with Gasteiger partial charge in [-0.25, -0.2) is 0 Å². The number of likely N-dealkylation sites (N-methyl/N-ethyl adjacent to an activating group) is 2. The van der Waals surface area contributed by atoms with Crippen LogP contribution in [0.1, 0.15) is 164 Å². The Balaban J connectivity index is 0.789. The summed E-state index contributed by atoms with van der Waals surface area (Å²) in [5.74, 6) is -0.735. The molecule has 8 atom stereocenters. The second-order valence-corrected chi connectivity index (χ2v) is 24.0. The predicted octanol–water partition coefficient (Wildman–Crippen LogP) is 9.00. The molecule has 6 N–H and O–H groups in total. The lowest BCUT2D eigenvalue weighted by Crippen LogP contribution is -2.58. The third-order valence-corrected chi connectivity index (χ3v) is 19.1. The minimum atomic E-state index is -0.633. The largest absolute Gasteiger partial charge is 0.347 e. The minimum absolute atomic E-state index is 0.0645. The van der Waals surface area contributed by atoms with Gasteiger partial charge in [-0.1, -0.05) is 123 Å². The summed E-state index contributed by atoms with van der Waals surface area (Å²) >= 11 is 0. The predicted molar refractivity (Wildman–Crippen MR) is 314 cm³/mol. The lowest BCUT2D eigenvalue weighted by molar-refractivity contribution is -0.143. The Hall–Kier alpha value is -6.38. The molecule has 80 heavy (non-hydrogen) atoms. The zero-order chi connectivity index (χ0) is 55.9. The molecule has 2 aliphatic heterocycles. The summed E-state index contributed by atoms with van der Waals surface area (Å²) in [5.41, 5.74) is 11.6. The second kappa shape index (κ2) is 26.0. The van der Waals surface area contributed by atoms with Gasteiger partial charge in [0, 0.05) is 13.1 Å². The lowest BCUT2D eigenvalue weighted by atomic mass is 9.82. The van der Waals surface area contributed by atoms with Crippen LogP contribution in [0.25, 0.3) is 33.4 Å². The Kier molecular flexibility index (Phi) is 18.5. The van der Waals surface area contributed by atoms with Gasteiger partial charge in [-0.3, -0.25) is 28.8 Å². The van der Waals surface area contributed by atoms with Crippen LogP contribution in [-0.2, 0) is 41.6 Å². The van der Waals surface area contributed by atoms with Crippen LogP contribution in [0, 0.1) is 11.8 Å². The third kappa shape index (κ3) is 12.4. The second-order valence-electron chi connectivity index (χ2n) is 24.0. The van der Waals surface area contributed by atoms with Crippen molar-refractivity contribution in [2.45, 2.75) is 191 Å². The summed E-state index contributed by atoms with van der Waals surface area (Å²) in [7, 11) is 3.49. The van der Waals surface area contributed by atoms with Crippen molar-refractivity contribution in [3.05, 3.63) is 107 Å². The van der Waals surface area contributed by atoms with Crippen molar-refractivity contribution >= 4 is 35.4 Å². The monoisotopic (exact) mass is 1090 g/mol. The molecule has 14 nitrogen and oxygen atoms in total. The SMILES string of the molecule is CNC(C)C(=O)NC(C(=O)N1CCC[C@H]1C(=O)N[C@@H]1CCCc2c(-c3ccc(-c4ccc(-c5cccc6c5CCC[C@H]6NC(=O)[C@@H]5CCCN5C(=O)C(NC(=O)C(C)NC)C5CCCCC5)cc4)cc3)cccc21)C1CCCCC1. The summed E-state index contributed by atoms with van der Waals surface area (Å²) < 4.78 is 0. The van der Waals surface area contributed by atoms with Crippen molar-refractivity contribution in [1.29, 1.82) is 0 Å². The highest BCUT2D eigenvalue weighted by Crippen LogP contribution is 2.40. The molecule has 4 aromatic rings. The summed E-state index contributed by atoms with van der Waals surface area (Å²) in [5, 5.41) is 19.0. The number of carbonyl (C=O) groups is 6. The first-order valence-corrected chi connectivity index (χ1v) is 30.5. The maximum Gasteiger partial charge on any atom is 0.246 e. The maximum atomic E-state index is 14.4. The van der Waals surface area contributed by atoms with E-state index in [0.717, 1.165) is 149 Å². The fourth-order valence-corrected chi connectivity index (χ4v) is 14.2. The fourth-order valence-electron chi connectivity index (χ4n) is 14.2. The fraction of sp³-hybridized carbons (Fsp3) is 0.545. The van der Waals surface area contributed by atoms with Crippen LogP contribution < -0.4 is 31.9 Å². The Morgan fingerprint density at radius 1 is 0.438 bits per heavy atom. The van der Waals surface area contributed by atoms with Crippen LogP contribution in [0.3, 0.4) is 0 Å². The van der Waals surface area contributed by atoms with E-state index in [-0.39, 0.29) is 59.4 Å². The van der Waals surface area contributed by atoms with Gasteiger partial charge in [0.2, 0.25) is 35.4 Å². The number of nitrogens with one attached hydrogen (secondary N) is 6. The molecule has 2 saturated carbocycles. The summed E-state index contributed by atoms with van der Waals surface area (Å²) in [6, 6.07) is 26.8. The number of rotatable bonds is 17. The zero-order valence-corrected chi connectivity index (χ0v) is 47.8. The molecular weight excluding hydrogens is 1000 g/mol. The summed E-state index contributed by atoms with van der Waals surface area (Å²) in [6.07, 6.45) is 18.1. The molecule has 0 aromatic heterocycles. The molecule has 0 bridgehead atoms. The smallest absolute Gasteiger partial charge is 0.246 e. The molecule has 4 aromatic carbocycles. The summed E-state index contributed by atoms with van der Waals surface area (Å²) in [6.45, 7) is 4.62. The van der Waals surface area contributed by atoms with E-state index in [0.29, 0.717) is 25.9 Å². The highest BCUT2D eigenvalue weighted by Gasteiger charge is 2.44. The molecular formula is C66H86N8O6. The standard InChI is InChI=1S/C66H86N8O6/c1-41(67-3)61(75)71-59(47-17-7-5-8-18-47)65(79)73-39-15-29-57(73)63(77)69-55-27-13-23-51-49(21-11-25-53(51)55)45-35-31-43(32-36-45)44-33-37-46(38-34-44)50-22-12-26-54-52(50)24-14-28-56(54)70-64(78)58-30-16-40-74(58)66(80)60(48-19-9-6-10-20-48)72-62(76)42(2)68-4/h11-12,21-22,25-26,31-38,41-42,47-48,55-60,67-68H,5-10,13-20,23-24,27-30,39-40H2,1-4H3,(H,69,77)(H,70,78)(H,71,75)(H,72,76)/t41?,42?,55-,56-,57+,58+,59?,60?/m1/s1. The normalized spacial score (nSPS) is 22.9. The molecule has 6 amide bonds. The number of fused-ring (bicyclic) bond motifs is 2. The number of likely N-dealkylation sites (tertiary alicyclic amines) is 2. The van der Waals surface area contributed by atoms with E-state index in [2.05, 4.69) is 117 Å². The van der Waals surface area contributed by atoms with Crippen LogP contribution in [0.15, 0.2) is 84.9 Å². The van der Waals surface area contributed by atoms with E-state index in [1.165, 1.54) is 22.3 Å². The number of carbonyl (C=O) groups excluding carboxylic acids is 6. The molecule has 10 rings (SSSR count). The average molecular weight is 1090 g/mol. The lowest BCUT2D eigenvalue weighted by Gasteiger charge is -2.36. The molecule has 4 unspecified atom stereocenters. The van der Waals surface area contributed by atoms with E-state index < -0.39 is 36.3 Å². The van der Waals surface area contributed by atoms with Crippen LogP contribution in [0.4, 0.5) is 0 Å².